The normalized spacial score (nSPS) is 12.0. The molecule has 0 bridgehead atoms. The molecule has 0 amide bonds. The van der Waals surface area contributed by atoms with Crippen LogP contribution in [0, 0.1) is 0 Å². The summed E-state index contributed by atoms with van der Waals surface area (Å²) in [6.07, 6.45) is 1.83. The van der Waals surface area contributed by atoms with Crippen molar-refractivity contribution < 1.29 is 9.36 Å². The van der Waals surface area contributed by atoms with E-state index in [1.165, 1.54) is 0 Å². The Kier molecular flexibility index (Phi) is 3.25. The zero-order valence-corrected chi connectivity index (χ0v) is 12.1. The molecule has 2 heterocycles. The summed E-state index contributed by atoms with van der Waals surface area (Å²) in [4.78, 5) is 8.94. The zero-order chi connectivity index (χ0) is 15.6. The minimum atomic E-state index is 0.597. The molecule has 2 N–H and O–H groups in total. The van der Waals surface area contributed by atoms with Crippen LogP contribution in [0.25, 0.3) is 33.2 Å². The summed E-state index contributed by atoms with van der Waals surface area (Å²) < 4.78 is 5.96. The van der Waals surface area contributed by atoms with Crippen molar-refractivity contribution in [3.63, 3.8) is 0 Å². The first-order chi connectivity index (χ1) is 11.3. The highest BCUT2D eigenvalue weighted by molar-refractivity contribution is 5.85. The van der Waals surface area contributed by atoms with Crippen molar-refractivity contribution >= 4 is 21.7 Å². The Hall–Kier alpha value is -3.18. The van der Waals surface area contributed by atoms with E-state index < -0.39 is 0 Å². The van der Waals surface area contributed by atoms with Crippen molar-refractivity contribution in [2.75, 3.05) is 0 Å². The zero-order valence-electron chi connectivity index (χ0n) is 12.1. The second-order valence-electron chi connectivity index (χ2n) is 5.11. The molecule has 5 nitrogen and oxygen atoms in total. The molecule has 0 aliphatic carbocycles. The van der Waals surface area contributed by atoms with E-state index in [2.05, 4.69) is 15.1 Å². The van der Waals surface area contributed by atoms with Gasteiger partial charge in [-0.05, 0) is 23.6 Å². The Balaban J connectivity index is 1.98. The van der Waals surface area contributed by atoms with Crippen LogP contribution in [-0.2, 0) is 4.94 Å². The largest absolute Gasteiger partial charge is 0.454 e. The maximum atomic E-state index is 5.96. The van der Waals surface area contributed by atoms with E-state index >= 15 is 0 Å². The van der Waals surface area contributed by atoms with Gasteiger partial charge in [-0.15, -0.1) is 5.90 Å². The molecule has 0 atom stereocenters. The van der Waals surface area contributed by atoms with Gasteiger partial charge in [0, 0.05) is 23.0 Å². The van der Waals surface area contributed by atoms with E-state index in [-0.39, 0.29) is 0 Å². The summed E-state index contributed by atoms with van der Waals surface area (Å²) in [5.74, 6) is 5.70. The monoisotopic (exact) mass is 303 g/mol. The van der Waals surface area contributed by atoms with Gasteiger partial charge in [-0.3, -0.25) is 4.98 Å². The fourth-order valence-corrected chi connectivity index (χ4v) is 2.59. The number of benzene rings is 2. The second kappa shape index (κ2) is 5.55. The van der Waals surface area contributed by atoms with Crippen LogP contribution < -0.4 is 11.3 Å². The lowest BCUT2D eigenvalue weighted by molar-refractivity contribution is 0.138. The van der Waals surface area contributed by atoms with Gasteiger partial charge in [-0.1, -0.05) is 41.6 Å². The maximum Gasteiger partial charge on any atom is 0.155 e. The summed E-state index contributed by atoms with van der Waals surface area (Å²) in [6, 6.07) is 19.4. The van der Waals surface area contributed by atoms with Gasteiger partial charge >= 0.3 is 0 Å². The van der Waals surface area contributed by atoms with Gasteiger partial charge in [-0.25, -0.2) is 0 Å². The predicted octanol–water partition coefficient (Wildman–Crippen LogP) is 3.35. The minimum Gasteiger partial charge on any atom is -0.454 e. The molecule has 0 saturated heterocycles. The molecule has 0 fully saturated rings. The molecule has 2 aromatic carbocycles. The number of rotatable bonds is 2. The predicted molar refractivity (Wildman–Crippen MR) is 87.8 cm³/mol. The summed E-state index contributed by atoms with van der Waals surface area (Å²) in [5.41, 5.74) is 1.42. The summed E-state index contributed by atoms with van der Waals surface area (Å²) in [7, 11) is 0. The summed E-state index contributed by atoms with van der Waals surface area (Å²) in [6.45, 7) is 0. The van der Waals surface area contributed by atoms with Crippen LogP contribution in [0.3, 0.4) is 0 Å². The van der Waals surface area contributed by atoms with Crippen LogP contribution in [0.15, 0.2) is 76.4 Å². The molecule has 23 heavy (non-hydrogen) atoms. The highest BCUT2D eigenvalue weighted by Gasteiger charge is 2.08. The fraction of sp³-hybridized carbons (Fsp3) is 0. The van der Waals surface area contributed by atoms with E-state index in [4.69, 9.17) is 10.3 Å². The maximum absolute atomic E-state index is 5.96. The molecule has 0 aliphatic heterocycles. The highest BCUT2D eigenvalue weighted by atomic mass is 16.7. The molecule has 0 unspecified atom stereocenters. The molecule has 0 spiro atoms. The first-order valence-corrected chi connectivity index (χ1v) is 7.13. The molecule has 2 aromatic heterocycles. The SMILES string of the molecule is NON=c1cc(-c2cc3ccccc3cn2)oc2ccccc12. The molecule has 112 valence electrons. The molecule has 4 aromatic rings. The Bertz CT molecular complexity index is 1070. The van der Waals surface area contributed by atoms with Gasteiger partial charge < -0.3 is 9.36 Å². The van der Waals surface area contributed by atoms with Crippen molar-refractivity contribution in [1.82, 2.24) is 4.98 Å². The minimum absolute atomic E-state index is 0.597. The summed E-state index contributed by atoms with van der Waals surface area (Å²) in [5, 5.41) is 7.46. The van der Waals surface area contributed by atoms with Gasteiger partial charge in [-0.2, -0.15) is 0 Å². The number of pyridine rings is 1. The van der Waals surface area contributed by atoms with Crippen LogP contribution in [0.4, 0.5) is 0 Å². The van der Waals surface area contributed by atoms with Gasteiger partial charge in [0.25, 0.3) is 0 Å². The van der Waals surface area contributed by atoms with E-state index in [1.807, 2.05) is 60.8 Å². The Labute approximate surface area is 131 Å². The van der Waals surface area contributed by atoms with Crippen LogP contribution in [0.5, 0.6) is 0 Å². The van der Waals surface area contributed by atoms with Gasteiger partial charge in [0.1, 0.15) is 16.6 Å². The lowest BCUT2D eigenvalue weighted by Gasteiger charge is -2.05. The first-order valence-electron chi connectivity index (χ1n) is 7.13. The van der Waals surface area contributed by atoms with Crippen LogP contribution in [-0.4, -0.2) is 4.98 Å². The number of hydrogen-bond acceptors (Lipinski definition) is 5. The average Bonchev–Trinajstić information content (AvgIpc) is 2.61. The third-order valence-electron chi connectivity index (χ3n) is 3.69. The Morgan fingerprint density at radius 2 is 1.74 bits per heavy atom. The van der Waals surface area contributed by atoms with Gasteiger partial charge in [0.15, 0.2) is 5.76 Å². The number of fused-ring (bicyclic) bond motifs is 2. The molecule has 4 rings (SSSR count). The quantitative estimate of drug-likeness (QED) is 0.576. The fourth-order valence-electron chi connectivity index (χ4n) is 2.59. The molecule has 0 aliphatic rings. The number of nitrogens with zero attached hydrogens (tertiary/aromatic N) is 2. The van der Waals surface area contributed by atoms with Crippen molar-refractivity contribution in [1.29, 1.82) is 0 Å². The smallest absolute Gasteiger partial charge is 0.155 e. The topological polar surface area (TPSA) is 73.6 Å². The van der Waals surface area contributed by atoms with E-state index in [9.17, 15) is 0 Å². The van der Waals surface area contributed by atoms with Crippen LogP contribution in [0.1, 0.15) is 0 Å². The number of nitrogens with two attached hydrogens (primary N) is 1. The molecule has 5 heteroatoms. The number of para-hydroxylation sites is 1. The first kappa shape index (κ1) is 13.5. The number of hydrogen-bond donors (Lipinski definition) is 1. The van der Waals surface area contributed by atoms with Crippen molar-refractivity contribution in [2.45, 2.75) is 0 Å². The molecule has 0 saturated carbocycles. The standard InChI is InChI=1S/C18H13N3O2/c19-23-21-15-10-18(22-17-8-4-3-7-14(15)17)16-9-12-5-1-2-6-13(12)11-20-16/h1-11H,19H2. The third kappa shape index (κ3) is 2.43. The molecular weight excluding hydrogens is 290 g/mol. The van der Waals surface area contributed by atoms with Crippen LogP contribution in [0.2, 0.25) is 0 Å². The van der Waals surface area contributed by atoms with Gasteiger partial charge in [0.2, 0.25) is 0 Å². The third-order valence-corrected chi connectivity index (χ3v) is 3.69. The van der Waals surface area contributed by atoms with Crippen molar-refractivity contribution in [3.8, 4) is 11.5 Å². The van der Waals surface area contributed by atoms with Crippen LogP contribution >= 0.6 is 0 Å². The van der Waals surface area contributed by atoms with Gasteiger partial charge in [0.05, 0.1) is 0 Å². The molecular formula is C18H13N3O2. The number of aromatic nitrogens is 1. The van der Waals surface area contributed by atoms with E-state index in [1.54, 1.807) is 6.07 Å². The average molecular weight is 303 g/mol. The highest BCUT2D eigenvalue weighted by Crippen LogP contribution is 2.23. The Morgan fingerprint density at radius 3 is 2.61 bits per heavy atom. The van der Waals surface area contributed by atoms with E-state index in [0.29, 0.717) is 16.7 Å². The second-order valence-corrected chi connectivity index (χ2v) is 5.11. The van der Waals surface area contributed by atoms with E-state index in [0.717, 1.165) is 21.9 Å². The Morgan fingerprint density at radius 1 is 0.957 bits per heavy atom. The van der Waals surface area contributed by atoms with Crippen molar-refractivity contribution in [2.24, 2.45) is 11.1 Å². The van der Waals surface area contributed by atoms with Crippen molar-refractivity contribution in [3.05, 3.63) is 72.2 Å². The lowest BCUT2D eigenvalue weighted by atomic mass is 10.1. The lowest BCUT2D eigenvalue weighted by Crippen LogP contribution is -2.07. The molecule has 0 radical (unpaired) electrons. The summed E-state index contributed by atoms with van der Waals surface area (Å²) >= 11 is 0.